The zero-order valence-corrected chi connectivity index (χ0v) is 35.6. The number of epoxide rings is 1. The highest BCUT2D eigenvalue weighted by molar-refractivity contribution is 5.22. The SMILES string of the molecule is OCC1OC(OC2C(CO)OC(OC3C(CO)OC(OC4C(CO)OC(OC5C(CO)OC(O)C(O)C5O)C(O)C4O)C(O)C3O)C(O)C2O)C(O)C(O)C1NC1C(O)C(O)C(O)C2(CO)OC12. The summed E-state index contributed by atoms with van der Waals surface area (Å²) >= 11 is 0. The maximum Gasteiger partial charge on any atom is 0.187 e. The molecule has 31 nitrogen and oxygen atoms in total. The second-order valence-electron chi connectivity index (χ2n) is 17.8. The lowest BCUT2D eigenvalue weighted by Crippen LogP contribution is -2.71. The van der Waals surface area contributed by atoms with E-state index in [0.29, 0.717) is 0 Å². The van der Waals surface area contributed by atoms with Crippen LogP contribution in [0.5, 0.6) is 0 Å². The normalized spacial score (nSPS) is 55.4. The minimum atomic E-state index is -2.16. The number of fused-ring (bicyclic) bond motifs is 1. The number of ether oxygens (including phenoxy) is 10. The summed E-state index contributed by atoms with van der Waals surface area (Å²) in [5.41, 5.74) is -1.65. The summed E-state index contributed by atoms with van der Waals surface area (Å²) in [6.45, 7) is -5.47. The van der Waals surface area contributed by atoms with E-state index < -0.39 is 229 Å². The molecular weight excluding hydrogens is 938 g/mol. The molecule has 21 N–H and O–H groups in total. The Morgan fingerprint density at radius 2 is 0.676 bits per heavy atom. The molecule has 6 saturated heterocycles. The van der Waals surface area contributed by atoms with Gasteiger partial charge < -0.3 is 155 Å². The smallest absolute Gasteiger partial charge is 0.187 e. The van der Waals surface area contributed by atoms with Crippen LogP contribution >= 0.6 is 0 Å². The van der Waals surface area contributed by atoms with Gasteiger partial charge in [-0.25, -0.2) is 0 Å². The molecule has 31 atom stereocenters. The van der Waals surface area contributed by atoms with Gasteiger partial charge in [-0.15, -0.1) is 0 Å². The fourth-order valence-electron chi connectivity index (χ4n) is 9.57. The van der Waals surface area contributed by atoms with Gasteiger partial charge in [0.1, 0.15) is 146 Å². The van der Waals surface area contributed by atoms with Gasteiger partial charge in [0.05, 0.1) is 51.7 Å². The first kappa shape index (κ1) is 54.5. The van der Waals surface area contributed by atoms with E-state index in [1.54, 1.807) is 0 Å². The fourth-order valence-corrected chi connectivity index (χ4v) is 9.57. The van der Waals surface area contributed by atoms with E-state index in [-0.39, 0.29) is 0 Å². The molecule has 7 aliphatic rings. The first-order valence-electron chi connectivity index (χ1n) is 21.7. The van der Waals surface area contributed by atoms with Crippen LogP contribution in [0.25, 0.3) is 0 Å². The molecular formula is C37H63NO30. The number of aliphatic hydroxyl groups is 20. The van der Waals surface area contributed by atoms with Crippen molar-refractivity contribution < 1.29 is 149 Å². The summed E-state index contributed by atoms with van der Waals surface area (Å²) in [6.07, 6.45) is -51.6. The van der Waals surface area contributed by atoms with Gasteiger partial charge >= 0.3 is 0 Å². The second-order valence-corrected chi connectivity index (χ2v) is 17.8. The van der Waals surface area contributed by atoms with Gasteiger partial charge in [0.25, 0.3) is 0 Å². The van der Waals surface area contributed by atoms with Crippen molar-refractivity contribution in [1.29, 1.82) is 0 Å². The van der Waals surface area contributed by atoms with Crippen molar-refractivity contribution in [1.82, 2.24) is 5.32 Å². The van der Waals surface area contributed by atoms with Crippen LogP contribution in [0, 0.1) is 0 Å². The maximum absolute atomic E-state index is 11.2. The molecule has 0 spiro atoms. The van der Waals surface area contributed by atoms with Crippen LogP contribution in [0.15, 0.2) is 0 Å². The Hall–Kier alpha value is -1.24. The summed E-state index contributed by atoms with van der Waals surface area (Å²) < 4.78 is 55.4. The summed E-state index contributed by atoms with van der Waals surface area (Å²) in [7, 11) is 0. The molecule has 1 saturated carbocycles. The van der Waals surface area contributed by atoms with Crippen LogP contribution in [-0.4, -0.2) is 331 Å². The van der Waals surface area contributed by atoms with Gasteiger partial charge in [-0.1, -0.05) is 0 Å². The predicted molar refractivity (Wildman–Crippen MR) is 204 cm³/mol. The molecule has 396 valence electrons. The standard InChI is InChI=1S/C37H63NO30/c39-1-7-12(38-13-15(46)20(51)30(57)37(6-44)31(13)68-37)14(45)22(53)33(60-7)65-27-9(3-41)62-35(24(55)17(27)48)67-29-11(5-43)63-36(25(56)19(29)50)66-28-10(4-42)61-34(23(54)18(28)49)64-26-8(2-40)59-32(58)21(52)16(26)47/h7-36,38-58H,1-6H2. The molecule has 7 fully saturated rings. The number of aliphatic hydroxyl groups excluding tert-OH is 20. The number of hydrogen-bond acceptors (Lipinski definition) is 31. The van der Waals surface area contributed by atoms with Crippen LogP contribution in [-0.2, 0) is 47.4 Å². The van der Waals surface area contributed by atoms with Crippen molar-refractivity contribution in [2.24, 2.45) is 0 Å². The van der Waals surface area contributed by atoms with E-state index in [4.69, 9.17) is 47.4 Å². The Morgan fingerprint density at radius 1 is 0.353 bits per heavy atom. The van der Waals surface area contributed by atoms with Crippen molar-refractivity contribution in [3.8, 4) is 0 Å². The largest absolute Gasteiger partial charge is 0.394 e. The molecule has 6 heterocycles. The van der Waals surface area contributed by atoms with Crippen LogP contribution < -0.4 is 5.32 Å². The minimum absolute atomic E-state index is 0.750. The third-order valence-corrected chi connectivity index (χ3v) is 13.6. The first-order valence-corrected chi connectivity index (χ1v) is 21.7. The lowest BCUT2D eigenvalue weighted by Gasteiger charge is -2.50. The summed E-state index contributed by atoms with van der Waals surface area (Å²) in [6, 6.07) is -2.71. The lowest BCUT2D eigenvalue weighted by molar-refractivity contribution is -0.392. The van der Waals surface area contributed by atoms with Crippen LogP contribution in [0.3, 0.4) is 0 Å². The zero-order valence-electron chi connectivity index (χ0n) is 35.6. The van der Waals surface area contributed by atoms with Crippen molar-refractivity contribution in [2.75, 3.05) is 39.6 Å². The van der Waals surface area contributed by atoms with E-state index in [2.05, 4.69) is 5.32 Å². The minimum Gasteiger partial charge on any atom is -0.394 e. The average Bonchev–Trinajstić information content (AvgIpc) is 4.09. The predicted octanol–water partition coefficient (Wildman–Crippen LogP) is -14.7. The van der Waals surface area contributed by atoms with Gasteiger partial charge in [0, 0.05) is 0 Å². The molecule has 0 aromatic carbocycles. The molecule has 31 unspecified atom stereocenters. The van der Waals surface area contributed by atoms with Gasteiger partial charge in [-0.3, -0.25) is 0 Å². The van der Waals surface area contributed by atoms with Crippen LogP contribution in [0.4, 0.5) is 0 Å². The summed E-state index contributed by atoms with van der Waals surface area (Å²) in [5, 5.41) is 214. The molecule has 0 aromatic heterocycles. The second kappa shape index (κ2) is 22.1. The summed E-state index contributed by atoms with van der Waals surface area (Å²) in [4.78, 5) is 0. The average molecular weight is 1000 g/mol. The number of nitrogens with one attached hydrogen (secondary N) is 1. The Morgan fingerprint density at radius 3 is 1.04 bits per heavy atom. The summed E-state index contributed by atoms with van der Waals surface area (Å²) in [5.74, 6) is 0. The highest BCUT2D eigenvalue weighted by atomic mass is 16.8. The zero-order chi connectivity index (χ0) is 49.8. The molecule has 0 aromatic rings. The molecule has 31 heteroatoms. The van der Waals surface area contributed by atoms with Crippen molar-refractivity contribution in [2.45, 2.75) is 190 Å². The third-order valence-electron chi connectivity index (χ3n) is 13.6. The molecule has 1 aliphatic carbocycles. The molecule has 6 aliphatic heterocycles. The maximum atomic E-state index is 11.2. The highest BCUT2D eigenvalue weighted by Gasteiger charge is 2.72. The van der Waals surface area contributed by atoms with E-state index in [1.165, 1.54) is 0 Å². The lowest BCUT2D eigenvalue weighted by atomic mass is 9.79. The molecule has 0 amide bonds. The van der Waals surface area contributed by atoms with Crippen molar-refractivity contribution in [3.63, 3.8) is 0 Å². The Bertz CT molecular complexity index is 1610. The molecule has 0 radical (unpaired) electrons. The van der Waals surface area contributed by atoms with Gasteiger partial charge in [0.2, 0.25) is 0 Å². The Kier molecular flexibility index (Phi) is 17.7. The van der Waals surface area contributed by atoms with E-state index in [9.17, 15) is 102 Å². The Balaban J connectivity index is 0.963. The topological polar surface area (TPSA) is 512 Å². The quantitative estimate of drug-likeness (QED) is 0.0638. The van der Waals surface area contributed by atoms with E-state index in [0.717, 1.165) is 0 Å². The third kappa shape index (κ3) is 9.94. The van der Waals surface area contributed by atoms with E-state index >= 15 is 0 Å². The van der Waals surface area contributed by atoms with E-state index in [1.807, 2.05) is 0 Å². The number of rotatable bonds is 16. The number of hydrogen-bond donors (Lipinski definition) is 21. The van der Waals surface area contributed by atoms with Gasteiger partial charge in [0.15, 0.2) is 31.5 Å². The van der Waals surface area contributed by atoms with Crippen molar-refractivity contribution >= 4 is 0 Å². The molecule has 0 bridgehead atoms. The first-order chi connectivity index (χ1) is 32.2. The van der Waals surface area contributed by atoms with Gasteiger partial charge in [-0.05, 0) is 0 Å². The van der Waals surface area contributed by atoms with Gasteiger partial charge in [-0.2, -0.15) is 0 Å². The Labute approximate surface area is 383 Å². The highest BCUT2D eigenvalue weighted by Crippen LogP contribution is 2.48. The van der Waals surface area contributed by atoms with Crippen LogP contribution in [0.1, 0.15) is 0 Å². The fraction of sp³-hybridized carbons (Fsp3) is 1.00. The monoisotopic (exact) mass is 1000 g/mol. The molecule has 68 heavy (non-hydrogen) atoms. The molecule has 7 rings (SSSR count). The van der Waals surface area contributed by atoms with Crippen LogP contribution in [0.2, 0.25) is 0 Å². The van der Waals surface area contributed by atoms with Crippen molar-refractivity contribution in [3.05, 3.63) is 0 Å².